The van der Waals surface area contributed by atoms with Crippen LogP contribution in [-0.4, -0.2) is 57.6 Å². The van der Waals surface area contributed by atoms with E-state index in [0.29, 0.717) is 38.4 Å². The van der Waals surface area contributed by atoms with Crippen molar-refractivity contribution in [2.24, 2.45) is 0 Å². The van der Waals surface area contributed by atoms with E-state index >= 15 is 0 Å². The molecule has 152 valence electrons. The normalized spacial score (nSPS) is 16.7. The van der Waals surface area contributed by atoms with Crippen LogP contribution in [0.3, 0.4) is 0 Å². The van der Waals surface area contributed by atoms with E-state index in [1.807, 2.05) is 13.8 Å². The van der Waals surface area contributed by atoms with Crippen molar-refractivity contribution < 1.29 is 23.1 Å². The maximum atomic E-state index is 12.9. The molecule has 1 saturated heterocycles. The topological polar surface area (TPSA) is 111 Å². The third-order valence-corrected chi connectivity index (χ3v) is 6.24. The van der Waals surface area contributed by atoms with E-state index < -0.39 is 16.0 Å². The number of sulfonamides is 1. The van der Waals surface area contributed by atoms with Crippen LogP contribution in [0.2, 0.25) is 0 Å². The molecule has 0 aromatic heterocycles. The van der Waals surface area contributed by atoms with Crippen LogP contribution >= 0.6 is 0 Å². The largest absolute Gasteiger partial charge is 0.550 e. The van der Waals surface area contributed by atoms with Crippen LogP contribution in [0.15, 0.2) is 23.1 Å². The smallest absolute Gasteiger partial charge is 0.243 e. The Morgan fingerprint density at radius 3 is 2.63 bits per heavy atom. The first-order valence-electron chi connectivity index (χ1n) is 9.26. The number of ether oxygens (including phenoxy) is 1. The molecule has 1 aliphatic rings. The lowest BCUT2D eigenvalue weighted by molar-refractivity contribution is -0.305. The van der Waals surface area contributed by atoms with Crippen molar-refractivity contribution in [3.05, 3.63) is 18.2 Å². The van der Waals surface area contributed by atoms with Crippen LogP contribution in [0, 0.1) is 0 Å². The third-order valence-electron chi connectivity index (χ3n) is 4.35. The molecule has 0 aliphatic carbocycles. The summed E-state index contributed by atoms with van der Waals surface area (Å²) in [5.74, 6) is -1.10. The highest BCUT2D eigenvalue weighted by molar-refractivity contribution is 7.89. The number of carboxylic acid groups (broad SMARTS) is 1. The Balaban J connectivity index is 2.25. The van der Waals surface area contributed by atoms with E-state index in [4.69, 9.17) is 4.74 Å². The Hall–Kier alpha value is -1.84. The molecule has 0 bridgehead atoms. The second kappa shape index (κ2) is 9.91. The summed E-state index contributed by atoms with van der Waals surface area (Å²) in [5.41, 5.74) is 1.43. The second-order valence-corrected chi connectivity index (χ2v) is 8.54. The third kappa shape index (κ3) is 6.08. The van der Waals surface area contributed by atoms with Crippen molar-refractivity contribution in [1.82, 2.24) is 4.31 Å². The highest BCUT2D eigenvalue weighted by Gasteiger charge is 2.27. The van der Waals surface area contributed by atoms with Gasteiger partial charge in [-0.3, -0.25) is 0 Å². The number of carboxylic acids is 1. The molecular formula is C18H28N3O5S-. The summed E-state index contributed by atoms with van der Waals surface area (Å²) >= 11 is 0. The Bertz CT molecular complexity index is 733. The molecule has 0 radical (unpaired) electrons. The molecule has 1 fully saturated rings. The van der Waals surface area contributed by atoms with Gasteiger partial charge in [0.15, 0.2) is 0 Å². The van der Waals surface area contributed by atoms with E-state index in [1.54, 1.807) is 18.2 Å². The van der Waals surface area contributed by atoms with Gasteiger partial charge in [-0.05, 0) is 44.4 Å². The molecule has 0 unspecified atom stereocenters. The molecule has 27 heavy (non-hydrogen) atoms. The van der Waals surface area contributed by atoms with Gasteiger partial charge in [0.2, 0.25) is 10.0 Å². The van der Waals surface area contributed by atoms with Crippen LogP contribution < -0.4 is 15.7 Å². The average molecular weight is 399 g/mol. The summed E-state index contributed by atoms with van der Waals surface area (Å²) in [6.07, 6.45) is 1.25. The summed E-state index contributed by atoms with van der Waals surface area (Å²) in [5, 5.41) is 17.2. The fourth-order valence-electron chi connectivity index (χ4n) is 2.83. The molecule has 1 heterocycles. The van der Waals surface area contributed by atoms with Crippen LogP contribution in [0.4, 0.5) is 11.4 Å². The predicted molar refractivity (Wildman–Crippen MR) is 102 cm³/mol. The fraction of sp³-hybridized carbons (Fsp3) is 0.611. The lowest BCUT2D eigenvalue weighted by Gasteiger charge is -2.27. The first-order chi connectivity index (χ1) is 12.8. The number of hydrogen-bond acceptors (Lipinski definition) is 7. The van der Waals surface area contributed by atoms with Gasteiger partial charge in [-0.1, -0.05) is 6.92 Å². The monoisotopic (exact) mass is 398 g/mol. The number of hydrogen-bond donors (Lipinski definition) is 2. The molecule has 1 atom stereocenters. The molecule has 1 aromatic carbocycles. The number of nitrogens with one attached hydrogen (secondary N) is 2. The Morgan fingerprint density at radius 1 is 1.30 bits per heavy atom. The molecular weight excluding hydrogens is 370 g/mol. The van der Waals surface area contributed by atoms with Crippen molar-refractivity contribution in [3.8, 4) is 0 Å². The van der Waals surface area contributed by atoms with Crippen LogP contribution in [0.1, 0.15) is 33.1 Å². The minimum Gasteiger partial charge on any atom is -0.550 e. The van der Waals surface area contributed by atoms with Gasteiger partial charge in [-0.15, -0.1) is 0 Å². The van der Waals surface area contributed by atoms with Gasteiger partial charge in [0, 0.05) is 31.6 Å². The number of anilines is 2. The minimum atomic E-state index is -3.60. The molecule has 1 aromatic rings. The Labute approximate surface area is 160 Å². The standard InChI is InChI=1S/C18H29N3O5S/c1-3-8-19-16-6-5-15(27(24,25)21-9-11-26-12-10-21)13-17(16)20-14(2)4-7-18(22)23/h5-6,13-14,19-20H,3-4,7-12H2,1-2H3,(H,22,23)/p-1/t14-/m1/s1. The molecule has 0 saturated carbocycles. The van der Waals surface area contributed by atoms with E-state index in [9.17, 15) is 18.3 Å². The average Bonchev–Trinajstić information content (AvgIpc) is 2.66. The van der Waals surface area contributed by atoms with Crippen LogP contribution in [-0.2, 0) is 19.6 Å². The van der Waals surface area contributed by atoms with E-state index in [2.05, 4.69) is 10.6 Å². The number of carbonyl (C=O) groups excluding carboxylic acids is 1. The molecule has 2 rings (SSSR count). The van der Waals surface area contributed by atoms with Gasteiger partial charge < -0.3 is 25.3 Å². The maximum absolute atomic E-state index is 12.9. The van der Waals surface area contributed by atoms with Crippen molar-refractivity contribution >= 4 is 27.4 Å². The maximum Gasteiger partial charge on any atom is 0.243 e. The zero-order chi connectivity index (χ0) is 19.9. The number of carbonyl (C=O) groups is 1. The first kappa shape index (κ1) is 21.5. The van der Waals surface area contributed by atoms with Gasteiger partial charge in [0.25, 0.3) is 0 Å². The zero-order valence-electron chi connectivity index (χ0n) is 15.9. The van der Waals surface area contributed by atoms with Gasteiger partial charge in [0.05, 0.1) is 29.5 Å². The van der Waals surface area contributed by atoms with Crippen molar-refractivity contribution in [2.45, 2.75) is 44.0 Å². The van der Waals surface area contributed by atoms with Crippen molar-refractivity contribution in [1.29, 1.82) is 0 Å². The molecule has 1 aliphatic heterocycles. The molecule has 2 N–H and O–H groups in total. The predicted octanol–water partition coefficient (Wildman–Crippen LogP) is 0.860. The van der Waals surface area contributed by atoms with Gasteiger partial charge >= 0.3 is 0 Å². The first-order valence-corrected chi connectivity index (χ1v) is 10.7. The van der Waals surface area contributed by atoms with Gasteiger partial charge in [-0.25, -0.2) is 8.42 Å². The highest BCUT2D eigenvalue weighted by Crippen LogP contribution is 2.28. The summed E-state index contributed by atoms with van der Waals surface area (Å²) in [6.45, 7) is 6.10. The fourth-order valence-corrected chi connectivity index (χ4v) is 4.26. The van der Waals surface area contributed by atoms with E-state index in [-0.39, 0.29) is 17.4 Å². The summed E-state index contributed by atoms with van der Waals surface area (Å²) < 4.78 is 32.5. The number of nitrogens with zero attached hydrogens (tertiary/aromatic N) is 1. The van der Waals surface area contributed by atoms with Crippen LogP contribution in [0.5, 0.6) is 0 Å². The second-order valence-electron chi connectivity index (χ2n) is 6.61. The molecule has 0 spiro atoms. The van der Waals surface area contributed by atoms with Crippen LogP contribution in [0.25, 0.3) is 0 Å². The van der Waals surface area contributed by atoms with E-state index in [0.717, 1.165) is 18.7 Å². The van der Waals surface area contributed by atoms with Gasteiger partial charge in [-0.2, -0.15) is 4.31 Å². The number of morpholine rings is 1. The van der Waals surface area contributed by atoms with Gasteiger partial charge in [0.1, 0.15) is 0 Å². The lowest BCUT2D eigenvalue weighted by atomic mass is 10.1. The Morgan fingerprint density at radius 2 is 2.00 bits per heavy atom. The quantitative estimate of drug-likeness (QED) is 0.601. The zero-order valence-corrected chi connectivity index (χ0v) is 16.7. The molecule has 0 amide bonds. The molecule has 8 nitrogen and oxygen atoms in total. The number of benzene rings is 1. The molecule has 9 heteroatoms. The SMILES string of the molecule is CCCNc1ccc(S(=O)(=O)N2CCOCC2)cc1N[C@H](C)CCC(=O)[O-]. The summed E-state index contributed by atoms with van der Waals surface area (Å²) in [6, 6.07) is 4.81. The van der Waals surface area contributed by atoms with Crippen molar-refractivity contribution in [2.75, 3.05) is 43.5 Å². The minimum absolute atomic E-state index is 0.0579. The lowest BCUT2D eigenvalue weighted by Crippen LogP contribution is -2.40. The van der Waals surface area contributed by atoms with Crippen molar-refractivity contribution in [3.63, 3.8) is 0 Å². The summed E-state index contributed by atoms with van der Waals surface area (Å²) in [7, 11) is -3.60. The van der Waals surface area contributed by atoms with E-state index in [1.165, 1.54) is 4.31 Å². The Kier molecular flexibility index (Phi) is 7.88. The summed E-state index contributed by atoms with van der Waals surface area (Å²) in [4.78, 5) is 10.9. The highest BCUT2D eigenvalue weighted by atomic mass is 32.2. The number of rotatable bonds is 10. The number of aliphatic carboxylic acids is 1.